The predicted octanol–water partition coefficient (Wildman–Crippen LogP) is 7.80. The van der Waals surface area contributed by atoms with Crippen molar-refractivity contribution < 1.29 is 28.9 Å². The van der Waals surface area contributed by atoms with Gasteiger partial charge in [0.2, 0.25) is 0 Å². The molecule has 5 aliphatic carbocycles. The number of methoxy groups -OCH3 is 1. The SMILES string of the molecule is COC(=O)[C@@]1(C)CC[C@]2(C)CC[C@]3(C)C(=CC[C@@H]4[C@@]5(C)CC[C@H](OCOCCC(=O)O)C(C)(C)[C@@H]5CC[C@]43C)[C@@H]2C1. The van der Waals surface area contributed by atoms with Gasteiger partial charge in [-0.05, 0) is 116 Å². The third kappa shape index (κ3) is 4.64. The molecule has 0 radical (unpaired) electrons. The maximum Gasteiger partial charge on any atom is 0.311 e. The summed E-state index contributed by atoms with van der Waals surface area (Å²) in [6.45, 7) is 17.6. The highest BCUT2D eigenvalue weighted by Gasteiger charge is 2.68. The Morgan fingerprint density at radius 2 is 1.63 bits per heavy atom. The number of fused-ring (bicyclic) bond motifs is 7. The van der Waals surface area contributed by atoms with E-state index in [2.05, 4.69) is 54.5 Å². The zero-order valence-electron chi connectivity index (χ0n) is 27.1. The van der Waals surface area contributed by atoms with Crippen LogP contribution in [0.15, 0.2) is 11.6 Å². The molecule has 0 amide bonds. The molecule has 41 heavy (non-hydrogen) atoms. The molecule has 4 fully saturated rings. The fourth-order valence-electron chi connectivity index (χ4n) is 11.4. The Morgan fingerprint density at radius 3 is 2.32 bits per heavy atom. The smallest absolute Gasteiger partial charge is 0.311 e. The number of carboxylic acid groups (broad SMARTS) is 1. The Kier molecular flexibility index (Phi) is 7.84. The monoisotopic (exact) mass is 572 g/mol. The van der Waals surface area contributed by atoms with Crippen LogP contribution in [0.3, 0.4) is 0 Å². The fraction of sp³-hybridized carbons (Fsp3) is 0.886. The molecule has 0 spiro atoms. The third-order valence-electron chi connectivity index (χ3n) is 14.3. The van der Waals surface area contributed by atoms with E-state index < -0.39 is 5.97 Å². The summed E-state index contributed by atoms with van der Waals surface area (Å²) in [5.41, 5.74) is 2.18. The number of rotatable bonds is 7. The van der Waals surface area contributed by atoms with Crippen molar-refractivity contribution in [2.45, 2.75) is 125 Å². The van der Waals surface area contributed by atoms with E-state index in [1.165, 1.54) is 25.7 Å². The molecule has 0 aliphatic heterocycles. The number of allylic oxidation sites excluding steroid dienone is 2. The Balaban J connectivity index is 1.40. The van der Waals surface area contributed by atoms with Crippen molar-refractivity contribution in [2.24, 2.45) is 50.2 Å². The molecule has 0 aromatic rings. The summed E-state index contributed by atoms with van der Waals surface area (Å²) in [4.78, 5) is 23.7. The van der Waals surface area contributed by atoms with Crippen molar-refractivity contribution in [3.8, 4) is 0 Å². The zero-order valence-corrected chi connectivity index (χ0v) is 27.1. The van der Waals surface area contributed by atoms with E-state index in [1.807, 2.05) is 0 Å². The molecule has 0 saturated heterocycles. The van der Waals surface area contributed by atoms with Crippen molar-refractivity contribution in [1.82, 2.24) is 0 Å². The molecule has 1 N–H and O–H groups in total. The van der Waals surface area contributed by atoms with Crippen LogP contribution < -0.4 is 0 Å². The van der Waals surface area contributed by atoms with Gasteiger partial charge in [0.05, 0.1) is 31.7 Å². The Morgan fingerprint density at radius 1 is 0.927 bits per heavy atom. The number of carboxylic acids is 1. The maximum atomic E-state index is 12.9. The molecule has 4 saturated carbocycles. The number of ether oxygens (including phenoxy) is 3. The number of esters is 1. The van der Waals surface area contributed by atoms with Gasteiger partial charge >= 0.3 is 11.9 Å². The summed E-state index contributed by atoms with van der Waals surface area (Å²) >= 11 is 0. The first kappa shape index (κ1) is 31.0. The Labute approximate surface area is 248 Å². The first-order valence-corrected chi connectivity index (χ1v) is 16.3. The molecule has 5 rings (SSSR count). The molecule has 9 atom stereocenters. The zero-order chi connectivity index (χ0) is 30.1. The maximum absolute atomic E-state index is 12.9. The predicted molar refractivity (Wildman–Crippen MR) is 159 cm³/mol. The second-order valence-corrected chi connectivity index (χ2v) is 16.4. The standard InChI is InChI=1S/C35H56O6/c1-30(2)25-11-15-35(7)26(33(25,5)14-12-27(30)41-22-40-20-13-28(36)37)10-9-23-24-21-32(4,29(38)39-8)17-16-31(24,3)18-19-34(23,35)6/h9,24-27H,10-22H2,1-8H3,(H,36,37)/t24-,25-,26+,27-,31+,32-,33-,34+,35+/m0/s1. The number of carbonyl (C=O) groups is 2. The average Bonchev–Trinajstić information content (AvgIpc) is 2.90. The van der Waals surface area contributed by atoms with E-state index in [1.54, 1.807) is 12.7 Å². The molecule has 0 aromatic heterocycles. The first-order chi connectivity index (χ1) is 19.1. The summed E-state index contributed by atoms with van der Waals surface area (Å²) in [5, 5.41) is 8.89. The van der Waals surface area contributed by atoms with Crippen LogP contribution in [-0.2, 0) is 23.8 Å². The minimum absolute atomic E-state index is 0.00852. The summed E-state index contributed by atoms with van der Waals surface area (Å²) < 4.78 is 17.1. The van der Waals surface area contributed by atoms with Gasteiger partial charge in [0, 0.05) is 0 Å². The lowest BCUT2D eigenvalue weighted by Crippen LogP contribution is -2.64. The highest BCUT2D eigenvalue weighted by molar-refractivity contribution is 5.76. The summed E-state index contributed by atoms with van der Waals surface area (Å²) in [6, 6.07) is 0. The van der Waals surface area contributed by atoms with Crippen molar-refractivity contribution in [1.29, 1.82) is 0 Å². The van der Waals surface area contributed by atoms with Gasteiger partial charge in [0.1, 0.15) is 6.79 Å². The van der Waals surface area contributed by atoms with Gasteiger partial charge in [-0.15, -0.1) is 0 Å². The third-order valence-corrected chi connectivity index (χ3v) is 14.3. The second kappa shape index (κ2) is 10.4. The number of hydrogen-bond acceptors (Lipinski definition) is 5. The van der Waals surface area contributed by atoms with Crippen molar-refractivity contribution in [3.05, 3.63) is 11.6 Å². The van der Waals surface area contributed by atoms with Gasteiger partial charge in [0.15, 0.2) is 0 Å². The van der Waals surface area contributed by atoms with E-state index in [0.29, 0.717) is 17.8 Å². The van der Waals surface area contributed by atoms with Crippen LogP contribution in [0.25, 0.3) is 0 Å². The highest BCUT2D eigenvalue weighted by atomic mass is 16.7. The number of carbonyl (C=O) groups excluding carboxylic acids is 1. The lowest BCUT2D eigenvalue weighted by Gasteiger charge is -2.71. The molecule has 6 heteroatoms. The minimum atomic E-state index is -0.842. The number of hydrogen-bond donors (Lipinski definition) is 1. The fourth-order valence-corrected chi connectivity index (χ4v) is 11.4. The molecular weight excluding hydrogens is 516 g/mol. The van der Waals surface area contributed by atoms with Crippen LogP contribution in [0.2, 0.25) is 0 Å². The lowest BCUT2D eigenvalue weighted by molar-refractivity contribution is -0.225. The van der Waals surface area contributed by atoms with Crippen LogP contribution >= 0.6 is 0 Å². The molecule has 232 valence electrons. The van der Waals surface area contributed by atoms with Gasteiger partial charge in [-0.2, -0.15) is 0 Å². The molecule has 5 aliphatic rings. The quantitative estimate of drug-likeness (QED) is 0.145. The molecule has 0 heterocycles. The first-order valence-electron chi connectivity index (χ1n) is 16.3. The molecule has 0 aromatic carbocycles. The van der Waals surface area contributed by atoms with E-state index in [9.17, 15) is 9.59 Å². The Bertz CT molecular complexity index is 1080. The van der Waals surface area contributed by atoms with Crippen molar-refractivity contribution >= 4 is 11.9 Å². The summed E-state index contributed by atoms with van der Waals surface area (Å²) in [5.74, 6) is 0.758. The number of aliphatic carboxylic acids is 1. The average molecular weight is 573 g/mol. The van der Waals surface area contributed by atoms with Gasteiger partial charge < -0.3 is 19.3 Å². The van der Waals surface area contributed by atoms with Crippen LogP contribution in [0, 0.1) is 50.2 Å². The highest BCUT2D eigenvalue weighted by Crippen LogP contribution is 2.75. The van der Waals surface area contributed by atoms with Crippen molar-refractivity contribution in [2.75, 3.05) is 20.5 Å². The van der Waals surface area contributed by atoms with Crippen LogP contribution in [-0.4, -0.2) is 43.7 Å². The van der Waals surface area contributed by atoms with E-state index >= 15 is 0 Å². The Hall–Kier alpha value is -1.40. The topological polar surface area (TPSA) is 82.1 Å². The van der Waals surface area contributed by atoms with Crippen LogP contribution in [0.4, 0.5) is 0 Å². The van der Waals surface area contributed by atoms with Crippen molar-refractivity contribution in [3.63, 3.8) is 0 Å². The lowest BCUT2D eigenvalue weighted by atomic mass is 9.33. The molecule has 6 nitrogen and oxygen atoms in total. The van der Waals surface area contributed by atoms with Gasteiger partial charge in [-0.1, -0.05) is 53.2 Å². The largest absolute Gasteiger partial charge is 0.481 e. The normalized spacial score (nSPS) is 46.7. The van der Waals surface area contributed by atoms with Gasteiger partial charge in [-0.25, -0.2) is 0 Å². The van der Waals surface area contributed by atoms with E-state index in [4.69, 9.17) is 19.3 Å². The molecule has 0 unspecified atom stereocenters. The second-order valence-electron chi connectivity index (χ2n) is 16.4. The van der Waals surface area contributed by atoms with Crippen LogP contribution in [0.1, 0.15) is 119 Å². The van der Waals surface area contributed by atoms with Crippen LogP contribution in [0.5, 0.6) is 0 Å². The van der Waals surface area contributed by atoms with E-state index in [0.717, 1.165) is 38.5 Å². The summed E-state index contributed by atoms with van der Waals surface area (Å²) in [6.07, 6.45) is 14.0. The molecule has 0 bridgehead atoms. The molecular formula is C35H56O6. The minimum Gasteiger partial charge on any atom is -0.481 e. The van der Waals surface area contributed by atoms with Gasteiger partial charge in [0.25, 0.3) is 0 Å². The van der Waals surface area contributed by atoms with Gasteiger partial charge in [-0.3, -0.25) is 9.59 Å². The van der Waals surface area contributed by atoms with E-state index in [-0.39, 0.29) is 64.4 Å². The summed E-state index contributed by atoms with van der Waals surface area (Å²) in [7, 11) is 1.55.